The molecule has 0 spiro atoms. The minimum Gasteiger partial charge on any atom is -0.497 e. The summed E-state index contributed by atoms with van der Waals surface area (Å²) in [5.41, 5.74) is 0.260. The molecule has 0 aliphatic heterocycles. The topological polar surface area (TPSA) is 64.6 Å². The van der Waals surface area contributed by atoms with Crippen molar-refractivity contribution in [2.24, 2.45) is 0 Å². The van der Waals surface area contributed by atoms with E-state index in [1.165, 1.54) is 26.2 Å². The second-order valence-electron chi connectivity index (χ2n) is 4.89. The molecule has 7 heteroatoms. The van der Waals surface area contributed by atoms with Crippen molar-refractivity contribution in [1.29, 1.82) is 0 Å². The SMILES string of the molecule is COc1cccc(NC(=O)[C@H](C)OC(=O)c2ccc(Br)cc2F)c1. The number of nitrogens with one attached hydrogen (secondary N) is 1. The van der Waals surface area contributed by atoms with Crippen molar-refractivity contribution >= 4 is 33.5 Å². The number of ether oxygens (including phenoxy) is 2. The molecule has 0 saturated carbocycles. The first kappa shape index (κ1) is 17.9. The zero-order valence-electron chi connectivity index (χ0n) is 13.0. The van der Waals surface area contributed by atoms with Crippen LogP contribution in [0, 0.1) is 5.82 Å². The number of hydrogen-bond donors (Lipinski definition) is 1. The van der Waals surface area contributed by atoms with E-state index >= 15 is 0 Å². The van der Waals surface area contributed by atoms with Crippen LogP contribution in [0.2, 0.25) is 0 Å². The van der Waals surface area contributed by atoms with Crippen molar-refractivity contribution in [3.63, 3.8) is 0 Å². The quantitative estimate of drug-likeness (QED) is 0.782. The highest BCUT2D eigenvalue weighted by Crippen LogP contribution is 2.18. The van der Waals surface area contributed by atoms with Gasteiger partial charge in [0.05, 0.1) is 12.7 Å². The summed E-state index contributed by atoms with van der Waals surface area (Å²) in [6, 6.07) is 10.7. The number of benzene rings is 2. The molecular weight excluding hydrogens is 381 g/mol. The van der Waals surface area contributed by atoms with E-state index in [0.29, 0.717) is 15.9 Å². The van der Waals surface area contributed by atoms with Gasteiger partial charge >= 0.3 is 5.97 Å². The maximum atomic E-state index is 13.7. The van der Waals surface area contributed by atoms with Crippen molar-refractivity contribution in [1.82, 2.24) is 0 Å². The van der Waals surface area contributed by atoms with E-state index in [1.807, 2.05) is 0 Å². The van der Waals surface area contributed by atoms with Crippen LogP contribution in [0.3, 0.4) is 0 Å². The first-order chi connectivity index (χ1) is 11.4. The highest BCUT2D eigenvalue weighted by Gasteiger charge is 2.21. The fourth-order valence-electron chi connectivity index (χ4n) is 1.88. The van der Waals surface area contributed by atoms with E-state index in [-0.39, 0.29) is 5.56 Å². The van der Waals surface area contributed by atoms with Gasteiger partial charge in [0.15, 0.2) is 6.10 Å². The summed E-state index contributed by atoms with van der Waals surface area (Å²) in [4.78, 5) is 24.1. The number of methoxy groups -OCH3 is 1. The van der Waals surface area contributed by atoms with Gasteiger partial charge in [0, 0.05) is 16.2 Å². The van der Waals surface area contributed by atoms with Gasteiger partial charge in [-0.2, -0.15) is 0 Å². The highest BCUT2D eigenvalue weighted by atomic mass is 79.9. The molecule has 2 aromatic rings. The molecule has 0 aromatic heterocycles. The Morgan fingerprint density at radius 2 is 1.96 bits per heavy atom. The summed E-state index contributed by atoms with van der Waals surface area (Å²) in [5, 5.41) is 2.60. The van der Waals surface area contributed by atoms with E-state index in [1.54, 1.807) is 24.3 Å². The summed E-state index contributed by atoms with van der Waals surface area (Å²) >= 11 is 3.10. The summed E-state index contributed by atoms with van der Waals surface area (Å²) in [6.45, 7) is 1.41. The molecule has 0 aliphatic rings. The van der Waals surface area contributed by atoms with Crippen molar-refractivity contribution < 1.29 is 23.5 Å². The first-order valence-corrected chi connectivity index (χ1v) is 7.81. The molecule has 2 rings (SSSR count). The minimum absolute atomic E-state index is 0.237. The zero-order chi connectivity index (χ0) is 17.7. The Balaban J connectivity index is 2.01. The molecule has 0 unspecified atom stereocenters. The third-order valence-electron chi connectivity index (χ3n) is 3.14. The number of anilines is 1. The average Bonchev–Trinajstić information content (AvgIpc) is 2.54. The second kappa shape index (κ2) is 7.92. The van der Waals surface area contributed by atoms with Gasteiger partial charge in [-0.1, -0.05) is 22.0 Å². The number of hydrogen-bond acceptors (Lipinski definition) is 4. The van der Waals surface area contributed by atoms with E-state index in [0.717, 1.165) is 6.07 Å². The number of amides is 1. The lowest BCUT2D eigenvalue weighted by Gasteiger charge is -2.14. The minimum atomic E-state index is -1.09. The maximum Gasteiger partial charge on any atom is 0.341 e. The van der Waals surface area contributed by atoms with Crippen LogP contribution in [-0.4, -0.2) is 25.1 Å². The lowest BCUT2D eigenvalue weighted by molar-refractivity contribution is -0.123. The molecule has 126 valence electrons. The van der Waals surface area contributed by atoms with Crippen LogP contribution >= 0.6 is 15.9 Å². The number of carbonyl (C=O) groups is 2. The summed E-state index contributed by atoms with van der Waals surface area (Å²) in [7, 11) is 1.51. The van der Waals surface area contributed by atoms with Crippen molar-refractivity contribution in [3.8, 4) is 5.75 Å². The molecule has 1 amide bonds. The molecule has 1 N–H and O–H groups in total. The van der Waals surface area contributed by atoms with E-state index in [9.17, 15) is 14.0 Å². The van der Waals surface area contributed by atoms with E-state index in [4.69, 9.17) is 9.47 Å². The molecule has 0 heterocycles. The van der Waals surface area contributed by atoms with Gasteiger partial charge in [-0.15, -0.1) is 0 Å². The first-order valence-electron chi connectivity index (χ1n) is 7.01. The number of esters is 1. The fourth-order valence-corrected chi connectivity index (χ4v) is 2.21. The van der Waals surface area contributed by atoms with Crippen LogP contribution in [-0.2, 0) is 9.53 Å². The summed E-state index contributed by atoms with van der Waals surface area (Å²) in [6.07, 6.45) is -1.09. The smallest absolute Gasteiger partial charge is 0.341 e. The predicted octanol–water partition coefficient (Wildman–Crippen LogP) is 3.78. The monoisotopic (exact) mass is 395 g/mol. The predicted molar refractivity (Wildman–Crippen MR) is 90.6 cm³/mol. The van der Waals surface area contributed by atoms with Gasteiger partial charge in [0.25, 0.3) is 5.91 Å². The Bertz CT molecular complexity index is 766. The Morgan fingerprint density at radius 1 is 1.21 bits per heavy atom. The molecule has 0 radical (unpaired) electrons. The van der Waals surface area contributed by atoms with Crippen LogP contribution in [0.5, 0.6) is 5.75 Å². The number of halogens is 2. The summed E-state index contributed by atoms with van der Waals surface area (Å²) < 4.78 is 24.3. The fraction of sp³-hybridized carbons (Fsp3) is 0.176. The number of carbonyl (C=O) groups excluding carboxylic acids is 2. The Labute approximate surface area is 146 Å². The van der Waals surface area contributed by atoms with Gasteiger partial charge in [0.1, 0.15) is 11.6 Å². The Morgan fingerprint density at radius 3 is 2.62 bits per heavy atom. The Hall–Kier alpha value is -2.41. The molecule has 0 aliphatic carbocycles. The molecule has 0 saturated heterocycles. The van der Waals surface area contributed by atoms with Crippen LogP contribution in [0.1, 0.15) is 17.3 Å². The average molecular weight is 396 g/mol. The highest BCUT2D eigenvalue weighted by molar-refractivity contribution is 9.10. The molecule has 2 aromatic carbocycles. The van der Waals surface area contributed by atoms with Crippen LogP contribution in [0.25, 0.3) is 0 Å². The van der Waals surface area contributed by atoms with E-state index in [2.05, 4.69) is 21.2 Å². The second-order valence-corrected chi connectivity index (χ2v) is 5.81. The normalized spacial score (nSPS) is 11.5. The summed E-state index contributed by atoms with van der Waals surface area (Å²) in [5.74, 6) is -1.59. The number of rotatable bonds is 5. The molecule has 0 fully saturated rings. The standard InChI is InChI=1S/C17H15BrFNO4/c1-10(16(21)20-12-4-3-5-13(9-12)23-2)24-17(22)14-7-6-11(18)8-15(14)19/h3-10H,1-2H3,(H,20,21)/t10-/m0/s1. The van der Waals surface area contributed by atoms with Gasteiger partial charge in [-0.05, 0) is 37.3 Å². The van der Waals surface area contributed by atoms with Crippen molar-refractivity contribution in [2.45, 2.75) is 13.0 Å². The van der Waals surface area contributed by atoms with Gasteiger partial charge < -0.3 is 14.8 Å². The van der Waals surface area contributed by atoms with Crippen LogP contribution in [0.15, 0.2) is 46.9 Å². The largest absolute Gasteiger partial charge is 0.497 e. The van der Waals surface area contributed by atoms with Gasteiger partial charge in [-0.25, -0.2) is 9.18 Å². The molecular formula is C17H15BrFNO4. The van der Waals surface area contributed by atoms with Crippen LogP contribution < -0.4 is 10.1 Å². The third kappa shape index (κ3) is 4.55. The lowest BCUT2D eigenvalue weighted by atomic mass is 10.2. The van der Waals surface area contributed by atoms with Gasteiger partial charge in [0.2, 0.25) is 0 Å². The molecule has 1 atom stereocenters. The maximum absolute atomic E-state index is 13.7. The van der Waals surface area contributed by atoms with Crippen molar-refractivity contribution in [2.75, 3.05) is 12.4 Å². The van der Waals surface area contributed by atoms with Crippen LogP contribution in [0.4, 0.5) is 10.1 Å². The lowest BCUT2D eigenvalue weighted by Crippen LogP contribution is -2.30. The van der Waals surface area contributed by atoms with Gasteiger partial charge in [-0.3, -0.25) is 4.79 Å². The molecule has 0 bridgehead atoms. The van der Waals surface area contributed by atoms with Crippen molar-refractivity contribution in [3.05, 3.63) is 58.3 Å². The molecule has 24 heavy (non-hydrogen) atoms. The van der Waals surface area contributed by atoms with E-state index < -0.39 is 23.8 Å². The third-order valence-corrected chi connectivity index (χ3v) is 3.63. The molecule has 5 nitrogen and oxygen atoms in total. The zero-order valence-corrected chi connectivity index (χ0v) is 14.6. The Kier molecular flexibility index (Phi) is 5.92.